The number of fused-ring (bicyclic) bond motifs is 1. The van der Waals surface area contributed by atoms with Crippen molar-refractivity contribution in [1.29, 1.82) is 0 Å². The lowest BCUT2D eigenvalue weighted by Gasteiger charge is -2.30. The van der Waals surface area contributed by atoms with E-state index in [1.54, 1.807) is 17.0 Å². The Labute approximate surface area is 210 Å². The highest BCUT2D eigenvalue weighted by Crippen LogP contribution is 2.35. The van der Waals surface area contributed by atoms with Crippen molar-refractivity contribution in [2.75, 3.05) is 31.2 Å². The van der Waals surface area contributed by atoms with Gasteiger partial charge in [-0.1, -0.05) is 61.7 Å². The summed E-state index contributed by atoms with van der Waals surface area (Å²) in [6, 6.07) is 14.9. The Morgan fingerprint density at radius 1 is 1.00 bits per heavy atom. The van der Waals surface area contributed by atoms with Crippen molar-refractivity contribution in [3.05, 3.63) is 60.2 Å². The zero-order valence-corrected chi connectivity index (χ0v) is 20.3. The van der Waals surface area contributed by atoms with Crippen LogP contribution in [0.5, 0.6) is 11.5 Å². The summed E-state index contributed by atoms with van der Waals surface area (Å²) in [7, 11) is 0. The largest absolute Gasteiger partial charge is 0.486 e. The Morgan fingerprint density at radius 3 is 2.53 bits per heavy atom. The number of hydrogen-bond donors (Lipinski definition) is 1. The highest BCUT2D eigenvalue weighted by atomic mass is 16.6. The van der Waals surface area contributed by atoms with Gasteiger partial charge in [0, 0.05) is 31.3 Å². The van der Waals surface area contributed by atoms with Crippen LogP contribution in [0.15, 0.2) is 54.6 Å². The van der Waals surface area contributed by atoms with Gasteiger partial charge >= 0.3 is 6.03 Å². The highest BCUT2D eigenvalue weighted by molar-refractivity contribution is 6.07. The van der Waals surface area contributed by atoms with Gasteiger partial charge in [-0.05, 0) is 30.5 Å². The van der Waals surface area contributed by atoms with E-state index in [2.05, 4.69) is 5.32 Å². The van der Waals surface area contributed by atoms with E-state index < -0.39 is 11.6 Å². The number of anilines is 1. The summed E-state index contributed by atoms with van der Waals surface area (Å²) in [5.74, 6) is 0.857. The Kier molecular flexibility index (Phi) is 6.93. The summed E-state index contributed by atoms with van der Waals surface area (Å²) in [5.41, 5.74) is 0.916. The average molecular weight is 490 g/mol. The van der Waals surface area contributed by atoms with Gasteiger partial charge in [-0.2, -0.15) is 0 Å². The molecule has 0 bridgehead atoms. The molecule has 1 spiro atoms. The molecular formula is C28H31N3O5. The van der Waals surface area contributed by atoms with Gasteiger partial charge in [0.15, 0.2) is 11.5 Å². The predicted octanol–water partition coefficient (Wildman–Crippen LogP) is 4.15. The standard InChI is InChI=1S/C28H31N3O5/c32-25(13-17-31-26(33)28(29-27(31)34)14-5-2-6-15-28)30(16-7-10-21-8-3-1-4-9-21)22-11-12-23-24(20-22)36-19-18-35-23/h1,3-4,7-12,20H,2,5-6,13-19H2,(H,29,34)/b10-7+. The molecule has 1 saturated heterocycles. The number of ether oxygens (including phenoxy) is 2. The summed E-state index contributed by atoms with van der Waals surface area (Å²) in [5, 5.41) is 2.91. The zero-order valence-electron chi connectivity index (χ0n) is 20.3. The topological polar surface area (TPSA) is 88.2 Å². The second kappa shape index (κ2) is 10.4. The summed E-state index contributed by atoms with van der Waals surface area (Å²) in [6.07, 6.45) is 8.16. The first-order chi connectivity index (χ1) is 17.6. The van der Waals surface area contributed by atoms with E-state index in [-0.39, 0.29) is 24.8 Å². The molecule has 1 saturated carbocycles. The molecule has 3 aliphatic rings. The van der Waals surface area contributed by atoms with Crippen LogP contribution >= 0.6 is 0 Å². The summed E-state index contributed by atoms with van der Waals surface area (Å²) >= 11 is 0. The van der Waals surface area contributed by atoms with E-state index in [0.29, 0.717) is 49.8 Å². The molecule has 2 heterocycles. The molecule has 2 aromatic rings. The van der Waals surface area contributed by atoms with Crippen LogP contribution in [0.2, 0.25) is 0 Å². The van der Waals surface area contributed by atoms with Crippen LogP contribution in [0, 0.1) is 0 Å². The van der Waals surface area contributed by atoms with Gasteiger partial charge in [-0.3, -0.25) is 14.5 Å². The van der Waals surface area contributed by atoms with Crippen LogP contribution in [0.3, 0.4) is 0 Å². The maximum atomic E-state index is 13.4. The quantitative estimate of drug-likeness (QED) is 0.591. The minimum Gasteiger partial charge on any atom is -0.486 e. The number of nitrogens with zero attached hydrogens (tertiary/aromatic N) is 2. The number of carbonyl (C=O) groups is 3. The zero-order chi connectivity index (χ0) is 25.0. The molecule has 8 heteroatoms. The first-order valence-corrected chi connectivity index (χ1v) is 12.6. The van der Waals surface area contributed by atoms with Gasteiger partial charge in [-0.25, -0.2) is 4.79 Å². The molecule has 8 nitrogen and oxygen atoms in total. The van der Waals surface area contributed by atoms with Crippen LogP contribution in [-0.4, -0.2) is 54.6 Å². The number of benzene rings is 2. The Bertz CT molecular complexity index is 1160. The van der Waals surface area contributed by atoms with Crippen molar-refractivity contribution in [2.45, 2.75) is 44.1 Å². The molecule has 0 radical (unpaired) electrons. The first kappa shape index (κ1) is 23.9. The van der Waals surface area contributed by atoms with Crippen LogP contribution in [0.4, 0.5) is 10.5 Å². The minimum atomic E-state index is -0.785. The molecular weight excluding hydrogens is 458 g/mol. The summed E-state index contributed by atoms with van der Waals surface area (Å²) in [4.78, 5) is 42.0. The monoisotopic (exact) mass is 489 g/mol. The number of amides is 4. The Balaban J connectivity index is 1.31. The molecule has 2 aromatic carbocycles. The molecule has 1 N–H and O–H groups in total. The van der Waals surface area contributed by atoms with Crippen molar-refractivity contribution in [3.63, 3.8) is 0 Å². The van der Waals surface area contributed by atoms with Gasteiger partial charge in [-0.15, -0.1) is 0 Å². The third kappa shape index (κ3) is 4.94. The molecule has 2 fully saturated rings. The van der Waals surface area contributed by atoms with Crippen molar-refractivity contribution < 1.29 is 23.9 Å². The second-order valence-electron chi connectivity index (χ2n) is 9.43. The molecule has 5 rings (SSSR count). The Morgan fingerprint density at radius 2 is 1.75 bits per heavy atom. The lowest BCUT2D eigenvalue weighted by atomic mass is 9.82. The SMILES string of the molecule is O=C1NC2(CCCCC2)C(=O)N1CCC(=O)N(C/C=C/c1ccccc1)c1ccc2c(c1)OCCO2. The molecule has 0 unspecified atom stereocenters. The van der Waals surface area contributed by atoms with Gasteiger partial charge in [0.1, 0.15) is 18.8 Å². The van der Waals surface area contributed by atoms with Crippen LogP contribution in [0.25, 0.3) is 6.08 Å². The van der Waals surface area contributed by atoms with E-state index in [1.807, 2.05) is 48.6 Å². The number of nitrogens with one attached hydrogen (secondary N) is 1. The molecule has 188 valence electrons. The number of imide groups is 1. The van der Waals surface area contributed by atoms with E-state index in [0.717, 1.165) is 24.8 Å². The fourth-order valence-corrected chi connectivity index (χ4v) is 5.13. The number of rotatable bonds is 7. The fourth-order valence-electron chi connectivity index (χ4n) is 5.13. The van der Waals surface area contributed by atoms with E-state index >= 15 is 0 Å². The summed E-state index contributed by atoms with van der Waals surface area (Å²) in [6.45, 7) is 1.32. The number of urea groups is 1. The molecule has 4 amide bonds. The van der Waals surface area contributed by atoms with Crippen molar-refractivity contribution >= 4 is 29.6 Å². The van der Waals surface area contributed by atoms with Crippen LogP contribution in [-0.2, 0) is 9.59 Å². The number of hydrogen-bond acceptors (Lipinski definition) is 5. The van der Waals surface area contributed by atoms with Crippen LogP contribution < -0.4 is 19.7 Å². The number of carbonyl (C=O) groups excluding carboxylic acids is 3. The van der Waals surface area contributed by atoms with E-state index in [1.165, 1.54) is 4.90 Å². The maximum absolute atomic E-state index is 13.4. The molecule has 1 aliphatic carbocycles. The van der Waals surface area contributed by atoms with Crippen molar-refractivity contribution in [3.8, 4) is 11.5 Å². The molecule has 2 aliphatic heterocycles. The first-order valence-electron chi connectivity index (χ1n) is 12.6. The molecule has 0 aromatic heterocycles. The maximum Gasteiger partial charge on any atom is 0.325 e. The summed E-state index contributed by atoms with van der Waals surface area (Å²) < 4.78 is 11.3. The third-order valence-electron chi connectivity index (χ3n) is 7.04. The predicted molar refractivity (Wildman–Crippen MR) is 136 cm³/mol. The van der Waals surface area contributed by atoms with Gasteiger partial charge in [0.2, 0.25) is 5.91 Å². The average Bonchev–Trinajstić information content (AvgIpc) is 3.13. The fraction of sp³-hybridized carbons (Fsp3) is 0.393. The van der Waals surface area contributed by atoms with Crippen molar-refractivity contribution in [1.82, 2.24) is 10.2 Å². The van der Waals surface area contributed by atoms with Crippen LogP contribution in [0.1, 0.15) is 44.1 Å². The normalized spacial score (nSPS) is 18.5. The van der Waals surface area contributed by atoms with Gasteiger partial charge in [0.05, 0.1) is 0 Å². The Hall–Kier alpha value is -3.81. The van der Waals surface area contributed by atoms with E-state index in [4.69, 9.17) is 9.47 Å². The van der Waals surface area contributed by atoms with Gasteiger partial charge in [0.25, 0.3) is 5.91 Å². The highest BCUT2D eigenvalue weighted by Gasteiger charge is 2.51. The van der Waals surface area contributed by atoms with Gasteiger partial charge < -0.3 is 19.7 Å². The molecule has 0 atom stereocenters. The third-order valence-corrected chi connectivity index (χ3v) is 7.04. The van der Waals surface area contributed by atoms with E-state index in [9.17, 15) is 14.4 Å². The second-order valence-corrected chi connectivity index (χ2v) is 9.43. The smallest absolute Gasteiger partial charge is 0.325 e. The van der Waals surface area contributed by atoms with Crippen molar-refractivity contribution in [2.24, 2.45) is 0 Å². The lowest BCUT2D eigenvalue weighted by Crippen LogP contribution is -2.48. The lowest BCUT2D eigenvalue weighted by molar-refractivity contribution is -0.132. The minimum absolute atomic E-state index is 0.0306. The molecule has 36 heavy (non-hydrogen) atoms.